The van der Waals surface area contributed by atoms with Gasteiger partial charge in [0.1, 0.15) is 5.69 Å². The number of rotatable bonds is 4. The van der Waals surface area contributed by atoms with Crippen LogP contribution in [0.5, 0.6) is 0 Å². The first-order chi connectivity index (χ1) is 11.3. The Bertz CT molecular complexity index is 664. The molecule has 1 saturated heterocycles. The molecule has 1 atom stereocenters. The Morgan fingerprint density at radius 1 is 1.30 bits per heavy atom. The van der Waals surface area contributed by atoms with Gasteiger partial charge in [0.05, 0.1) is 25.5 Å². The van der Waals surface area contributed by atoms with Gasteiger partial charge in [0.2, 0.25) is 0 Å². The Morgan fingerprint density at radius 2 is 2.22 bits per heavy atom. The van der Waals surface area contributed by atoms with Crippen molar-refractivity contribution in [1.82, 2.24) is 20.1 Å². The normalized spacial score (nSPS) is 21.4. The topological polar surface area (TPSA) is 71.1 Å². The van der Waals surface area contributed by atoms with Crippen molar-refractivity contribution in [3.05, 3.63) is 36.4 Å². The Morgan fingerprint density at radius 3 is 2.91 bits per heavy atom. The zero-order chi connectivity index (χ0) is 15.6. The average Bonchev–Trinajstić information content (AvgIpc) is 3.24. The minimum absolute atomic E-state index is 0.0118. The lowest BCUT2D eigenvalue weighted by molar-refractivity contribution is -0.00599. The molecule has 2 aromatic heterocycles. The van der Waals surface area contributed by atoms with Gasteiger partial charge in [-0.25, -0.2) is 0 Å². The number of morpholine rings is 1. The number of hydrogen-bond acceptors (Lipinski definition) is 4. The number of ether oxygens (including phenoxy) is 1. The van der Waals surface area contributed by atoms with E-state index in [1.807, 2.05) is 17.2 Å². The summed E-state index contributed by atoms with van der Waals surface area (Å²) in [4.78, 5) is 19.1. The molecular formula is C17H20N4O2. The summed E-state index contributed by atoms with van der Waals surface area (Å²) >= 11 is 0. The van der Waals surface area contributed by atoms with Crippen LogP contribution in [0.15, 0.2) is 30.7 Å². The molecule has 1 N–H and O–H groups in total. The van der Waals surface area contributed by atoms with Crippen LogP contribution in [0.25, 0.3) is 11.1 Å². The molecule has 2 fully saturated rings. The van der Waals surface area contributed by atoms with E-state index < -0.39 is 0 Å². The van der Waals surface area contributed by atoms with Gasteiger partial charge < -0.3 is 9.64 Å². The van der Waals surface area contributed by atoms with Crippen molar-refractivity contribution in [2.45, 2.75) is 25.3 Å². The van der Waals surface area contributed by atoms with Gasteiger partial charge in [0.25, 0.3) is 5.91 Å². The molecule has 1 amide bonds. The fourth-order valence-corrected chi connectivity index (χ4v) is 3.10. The number of aromatic nitrogens is 3. The van der Waals surface area contributed by atoms with E-state index in [2.05, 4.69) is 15.2 Å². The van der Waals surface area contributed by atoms with Crippen LogP contribution in [0.2, 0.25) is 0 Å². The molecule has 6 nitrogen and oxygen atoms in total. The minimum Gasteiger partial charge on any atom is -0.377 e. The third-order valence-electron chi connectivity index (χ3n) is 4.60. The molecule has 2 aliphatic rings. The molecule has 0 bridgehead atoms. The average molecular weight is 312 g/mol. The van der Waals surface area contributed by atoms with E-state index in [4.69, 9.17) is 4.74 Å². The van der Waals surface area contributed by atoms with E-state index in [0.717, 1.165) is 23.5 Å². The summed E-state index contributed by atoms with van der Waals surface area (Å²) in [5.41, 5.74) is 2.42. The van der Waals surface area contributed by atoms with Gasteiger partial charge in [-0.2, -0.15) is 5.10 Å². The largest absolute Gasteiger partial charge is 0.377 e. The Kier molecular flexibility index (Phi) is 3.83. The monoisotopic (exact) mass is 312 g/mol. The number of H-pyrrole nitrogens is 1. The third kappa shape index (κ3) is 3.12. The number of carbonyl (C=O) groups is 1. The Labute approximate surface area is 134 Å². The molecule has 6 heteroatoms. The fourth-order valence-electron chi connectivity index (χ4n) is 3.10. The zero-order valence-corrected chi connectivity index (χ0v) is 12.9. The van der Waals surface area contributed by atoms with Gasteiger partial charge in [0.15, 0.2) is 0 Å². The summed E-state index contributed by atoms with van der Waals surface area (Å²) in [6.45, 7) is 1.91. The van der Waals surface area contributed by atoms with Crippen molar-refractivity contribution in [1.29, 1.82) is 0 Å². The molecular weight excluding hydrogens is 292 g/mol. The summed E-state index contributed by atoms with van der Waals surface area (Å²) in [6, 6.07) is 3.91. The van der Waals surface area contributed by atoms with Crippen molar-refractivity contribution < 1.29 is 9.53 Å². The number of nitrogens with zero attached hydrogens (tertiary/aromatic N) is 3. The van der Waals surface area contributed by atoms with Crippen molar-refractivity contribution in [3.8, 4) is 11.1 Å². The van der Waals surface area contributed by atoms with Crippen LogP contribution in [-0.4, -0.2) is 51.8 Å². The lowest BCUT2D eigenvalue weighted by Crippen LogP contribution is -2.49. The Balaban J connectivity index is 1.50. The van der Waals surface area contributed by atoms with Crippen molar-refractivity contribution >= 4 is 5.91 Å². The smallest absolute Gasteiger partial charge is 0.272 e. The van der Waals surface area contributed by atoms with Gasteiger partial charge in [-0.3, -0.25) is 14.9 Å². The SMILES string of the molecule is O=C(c1ccc(-c2cn[nH]c2)cn1)N1CCOCC1CC1CC1. The van der Waals surface area contributed by atoms with Crippen LogP contribution in [0.3, 0.4) is 0 Å². The maximum absolute atomic E-state index is 12.8. The highest BCUT2D eigenvalue weighted by Crippen LogP contribution is 2.35. The van der Waals surface area contributed by atoms with Gasteiger partial charge in [0, 0.05) is 30.1 Å². The standard InChI is InChI=1S/C17H20N4O2/c22-17(21-5-6-23-11-15(21)7-12-1-2-12)16-4-3-13(8-18-16)14-9-19-20-10-14/h3-4,8-10,12,15H,1-2,5-7,11H2,(H,19,20). The first-order valence-electron chi connectivity index (χ1n) is 8.15. The Hall–Kier alpha value is -2.21. The van der Waals surface area contributed by atoms with Gasteiger partial charge in [-0.05, 0) is 18.4 Å². The number of amides is 1. The molecule has 23 heavy (non-hydrogen) atoms. The van der Waals surface area contributed by atoms with Crippen LogP contribution in [0.1, 0.15) is 29.8 Å². The molecule has 1 aliphatic heterocycles. The first-order valence-corrected chi connectivity index (χ1v) is 8.15. The van der Waals surface area contributed by atoms with Gasteiger partial charge in [-0.1, -0.05) is 18.9 Å². The number of pyridine rings is 1. The molecule has 120 valence electrons. The van der Waals surface area contributed by atoms with E-state index >= 15 is 0 Å². The fraction of sp³-hybridized carbons (Fsp3) is 0.471. The predicted octanol–water partition coefficient (Wildman–Crippen LogP) is 2.11. The van der Waals surface area contributed by atoms with Gasteiger partial charge in [-0.15, -0.1) is 0 Å². The van der Waals surface area contributed by atoms with Crippen LogP contribution < -0.4 is 0 Å². The minimum atomic E-state index is 0.0118. The second kappa shape index (κ2) is 6.12. The number of nitrogens with one attached hydrogen (secondary N) is 1. The lowest BCUT2D eigenvalue weighted by Gasteiger charge is -2.35. The quantitative estimate of drug-likeness (QED) is 0.938. The molecule has 4 rings (SSSR count). The summed E-state index contributed by atoms with van der Waals surface area (Å²) in [5.74, 6) is 0.783. The lowest BCUT2D eigenvalue weighted by atomic mass is 10.1. The molecule has 3 heterocycles. The summed E-state index contributed by atoms with van der Waals surface area (Å²) in [5, 5.41) is 6.71. The van der Waals surface area contributed by atoms with Crippen LogP contribution in [0.4, 0.5) is 0 Å². The summed E-state index contributed by atoms with van der Waals surface area (Å²) in [6.07, 6.45) is 8.91. The second-order valence-corrected chi connectivity index (χ2v) is 6.33. The van der Waals surface area contributed by atoms with Crippen molar-refractivity contribution in [3.63, 3.8) is 0 Å². The number of aromatic amines is 1. The molecule has 1 aliphatic carbocycles. The number of carbonyl (C=O) groups excluding carboxylic acids is 1. The number of hydrogen-bond donors (Lipinski definition) is 1. The maximum atomic E-state index is 12.8. The summed E-state index contributed by atoms with van der Waals surface area (Å²) in [7, 11) is 0. The van der Waals surface area contributed by atoms with E-state index in [1.54, 1.807) is 18.5 Å². The van der Waals surface area contributed by atoms with Gasteiger partial charge >= 0.3 is 0 Å². The highest BCUT2D eigenvalue weighted by molar-refractivity contribution is 5.93. The molecule has 2 aromatic rings. The molecule has 0 radical (unpaired) electrons. The molecule has 0 spiro atoms. The highest BCUT2D eigenvalue weighted by atomic mass is 16.5. The first kappa shape index (κ1) is 14.4. The van der Waals surface area contributed by atoms with E-state index in [9.17, 15) is 4.79 Å². The van der Waals surface area contributed by atoms with E-state index in [-0.39, 0.29) is 11.9 Å². The molecule has 1 saturated carbocycles. The van der Waals surface area contributed by atoms with Crippen molar-refractivity contribution in [2.24, 2.45) is 5.92 Å². The van der Waals surface area contributed by atoms with Crippen LogP contribution in [-0.2, 0) is 4.74 Å². The maximum Gasteiger partial charge on any atom is 0.272 e. The van der Waals surface area contributed by atoms with Crippen LogP contribution >= 0.6 is 0 Å². The predicted molar refractivity (Wildman–Crippen MR) is 84.8 cm³/mol. The van der Waals surface area contributed by atoms with Crippen LogP contribution in [0, 0.1) is 5.92 Å². The second-order valence-electron chi connectivity index (χ2n) is 6.33. The summed E-state index contributed by atoms with van der Waals surface area (Å²) < 4.78 is 5.57. The van der Waals surface area contributed by atoms with Crippen molar-refractivity contribution in [2.75, 3.05) is 19.8 Å². The van der Waals surface area contributed by atoms with E-state index in [1.165, 1.54) is 12.8 Å². The van der Waals surface area contributed by atoms with E-state index in [0.29, 0.717) is 25.5 Å². The third-order valence-corrected chi connectivity index (χ3v) is 4.60. The molecule has 0 aromatic carbocycles. The highest BCUT2D eigenvalue weighted by Gasteiger charge is 2.33. The zero-order valence-electron chi connectivity index (χ0n) is 12.9. The molecule has 1 unspecified atom stereocenters.